The molecule has 0 saturated heterocycles. The van der Waals surface area contributed by atoms with E-state index < -0.39 is 0 Å². The number of amides is 1. The van der Waals surface area contributed by atoms with Crippen LogP contribution in [0.1, 0.15) is 55.7 Å². The average molecular weight is 264 g/mol. The third kappa shape index (κ3) is 2.91. The minimum Gasteiger partial charge on any atom is -0.395 e. The first kappa shape index (κ1) is 13.9. The van der Waals surface area contributed by atoms with Gasteiger partial charge in [0.25, 0.3) is 5.91 Å². The van der Waals surface area contributed by atoms with Crippen molar-refractivity contribution in [2.75, 3.05) is 5.73 Å². The van der Waals surface area contributed by atoms with E-state index in [1.54, 1.807) is 11.7 Å². The van der Waals surface area contributed by atoms with Crippen molar-refractivity contribution in [3.8, 4) is 0 Å². The highest BCUT2D eigenvalue weighted by Crippen LogP contribution is 2.35. The molecule has 0 spiro atoms. The summed E-state index contributed by atoms with van der Waals surface area (Å²) in [6.45, 7) is 6.39. The van der Waals surface area contributed by atoms with E-state index in [4.69, 9.17) is 5.73 Å². The fourth-order valence-corrected chi connectivity index (χ4v) is 2.74. The third-order valence-corrected chi connectivity index (χ3v) is 4.16. The van der Waals surface area contributed by atoms with Crippen LogP contribution in [0.5, 0.6) is 0 Å². The summed E-state index contributed by atoms with van der Waals surface area (Å²) in [5.74, 6) is -0.106. The van der Waals surface area contributed by atoms with Crippen LogP contribution in [0.4, 0.5) is 5.69 Å². The number of nitrogens with two attached hydrogens (primary N) is 1. The van der Waals surface area contributed by atoms with Crippen molar-refractivity contribution in [1.82, 2.24) is 15.1 Å². The number of hydrogen-bond donors (Lipinski definition) is 2. The van der Waals surface area contributed by atoms with E-state index in [1.807, 2.05) is 6.92 Å². The topological polar surface area (TPSA) is 72.9 Å². The van der Waals surface area contributed by atoms with Crippen LogP contribution in [-0.4, -0.2) is 21.7 Å². The Balaban J connectivity index is 2.02. The van der Waals surface area contributed by atoms with Gasteiger partial charge < -0.3 is 11.1 Å². The number of anilines is 1. The molecule has 0 atom stereocenters. The molecule has 5 heteroatoms. The molecule has 5 nitrogen and oxygen atoms in total. The van der Waals surface area contributed by atoms with Crippen LogP contribution in [0.2, 0.25) is 0 Å². The lowest BCUT2D eigenvalue weighted by molar-refractivity contribution is 0.0900. The van der Waals surface area contributed by atoms with Crippen molar-refractivity contribution < 1.29 is 4.79 Å². The Labute approximate surface area is 114 Å². The Bertz CT molecular complexity index is 480. The zero-order valence-corrected chi connectivity index (χ0v) is 12.3. The summed E-state index contributed by atoms with van der Waals surface area (Å²) >= 11 is 0. The van der Waals surface area contributed by atoms with Crippen molar-refractivity contribution in [2.45, 2.75) is 52.5 Å². The van der Waals surface area contributed by atoms with Crippen LogP contribution in [-0.2, 0) is 7.05 Å². The van der Waals surface area contributed by atoms with Gasteiger partial charge in [-0.25, -0.2) is 0 Å². The summed E-state index contributed by atoms with van der Waals surface area (Å²) in [4.78, 5) is 12.3. The molecule has 0 radical (unpaired) electrons. The monoisotopic (exact) mass is 264 g/mol. The molecule has 106 valence electrons. The number of nitrogen functional groups attached to an aromatic ring is 1. The molecule has 3 N–H and O–H groups in total. The van der Waals surface area contributed by atoms with Crippen molar-refractivity contribution in [3.63, 3.8) is 0 Å². The largest absolute Gasteiger partial charge is 0.395 e. The van der Waals surface area contributed by atoms with E-state index >= 15 is 0 Å². The smallest absolute Gasteiger partial charge is 0.271 e. The fourth-order valence-electron chi connectivity index (χ4n) is 2.74. The molecule has 0 aliphatic heterocycles. The molecule has 1 amide bonds. The second-order valence-corrected chi connectivity index (χ2v) is 6.38. The van der Waals surface area contributed by atoms with Crippen LogP contribution in [0.15, 0.2) is 0 Å². The normalized spacial score (nSPS) is 19.4. The van der Waals surface area contributed by atoms with E-state index in [-0.39, 0.29) is 11.9 Å². The summed E-state index contributed by atoms with van der Waals surface area (Å²) in [5.41, 5.74) is 7.98. The van der Waals surface area contributed by atoms with Crippen LogP contribution >= 0.6 is 0 Å². The quantitative estimate of drug-likeness (QED) is 0.858. The predicted molar refractivity (Wildman–Crippen MR) is 75.9 cm³/mol. The molecule has 0 bridgehead atoms. The predicted octanol–water partition coefficient (Wildman–Crippen LogP) is 2.01. The second-order valence-electron chi connectivity index (χ2n) is 6.38. The van der Waals surface area contributed by atoms with Crippen molar-refractivity contribution in [1.29, 1.82) is 0 Å². The molecule has 1 aliphatic carbocycles. The Hall–Kier alpha value is -1.52. The summed E-state index contributed by atoms with van der Waals surface area (Å²) in [6.07, 6.45) is 4.38. The molecule has 1 saturated carbocycles. The lowest BCUT2D eigenvalue weighted by atomic mass is 9.75. The van der Waals surface area contributed by atoms with Gasteiger partial charge in [-0.3, -0.25) is 9.48 Å². The first-order valence-corrected chi connectivity index (χ1v) is 6.90. The Kier molecular flexibility index (Phi) is 3.56. The minimum absolute atomic E-state index is 0.106. The third-order valence-electron chi connectivity index (χ3n) is 4.16. The number of carbonyl (C=O) groups excluding carboxylic acids is 1. The van der Waals surface area contributed by atoms with E-state index in [0.29, 0.717) is 22.5 Å². The lowest BCUT2D eigenvalue weighted by Crippen LogP contribution is -2.40. The number of carbonyl (C=O) groups is 1. The number of aryl methyl sites for hydroxylation is 2. The Morgan fingerprint density at radius 1 is 1.42 bits per heavy atom. The van der Waals surface area contributed by atoms with Crippen LogP contribution in [0, 0.1) is 12.3 Å². The first-order valence-electron chi connectivity index (χ1n) is 6.90. The summed E-state index contributed by atoms with van der Waals surface area (Å²) in [5, 5.41) is 7.27. The first-order chi connectivity index (χ1) is 8.80. The van der Waals surface area contributed by atoms with Crippen LogP contribution in [0.25, 0.3) is 0 Å². The molecule has 0 aromatic carbocycles. The van der Waals surface area contributed by atoms with Gasteiger partial charge in [-0.05, 0) is 38.0 Å². The number of nitrogens with zero attached hydrogens (tertiary/aromatic N) is 2. The van der Waals surface area contributed by atoms with Gasteiger partial charge in [0.05, 0.1) is 11.4 Å². The van der Waals surface area contributed by atoms with E-state index in [1.165, 1.54) is 0 Å². The Morgan fingerprint density at radius 3 is 2.47 bits per heavy atom. The van der Waals surface area contributed by atoms with Crippen molar-refractivity contribution in [3.05, 3.63) is 11.4 Å². The van der Waals surface area contributed by atoms with Gasteiger partial charge in [-0.15, -0.1) is 0 Å². The molecule has 1 fully saturated rings. The highest BCUT2D eigenvalue weighted by molar-refractivity contribution is 5.98. The number of hydrogen-bond acceptors (Lipinski definition) is 3. The summed E-state index contributed by atoms with van der Waals surface area (Å²) in [6, 6.07) is 0.259. The van der Waals surface area contributed by atoms with E-state index in [9.17, 15) is 4.79 Å². The van der Waals surface area contributed by atoms with E-state index in [0.717, 1.165) is 25.7 Å². The van der Waals surface area contributed by atoms with Gasteiger partial charge in [0, 0.05) is 13.1 Å². The van der Waals surface area contributed by atoms with Gasteiger partial charge in [-0.1, -0.05) is 13.8 Å². The standard InChI is InChI=1S/C14H24N4O/c1-9-11(15)12(18(4)17-9)13(19)16-10-5-7-14(2,3)8-6-10/h10H,5-8,15H2,1-4H3,(H,16,19). The highest BCUT2D eigenvalue weighted by Gasteiger charge is 2.28. The van der Waals surface area contributed by atoms with Gasteiger partial charge >= 0.3 is 0 Å². The molecule has 1 aromatic heterocycles. The zero-order valence-electron chi connectivity index (χ0n) is 12.3. The molecule has 19 heavy (non-hydrogen) atoms. The maximum Gasteiger partial charge on any atom is 0.271 e. The van der Waals surface area contributed by atoms with Gasteiger partial charge in [0.2, 0.25) is 0 Å². The molecular formula is C14H24N4O. The second kappa shape index (κ2) is 4.87. The number of nitrogens with one attached hydrogen (secondary N) is 1. The zero-order chi connectivity index (χ0) is 14.2. The van der Waals surface area contributed by atoms with Gasteiger partial charge in [0.1, 0.15) is 5.69 Å². The van der Waals surface area contributed by atoms with Crippen LogP contribution < -0.4 is 11.1 Å². The van der Waals surface area contributed by atoms with Gasteiger partial charge in [0.15, 0.2) is 0 Å². The fraction of sp³-hybridized carbons (Fsp3) is 0.714. The SMILES string of the molecule is Cc1nn(C)c(C(=O)NC2CCC(C)(C)CC2)c1N. The summed E-state index contributed by atoms with van der Waals surface area (Å²) in [7, 11) is 1.75. The molecule has 1 aliphatic rings. The molecule has 2 rings (SSSR count). The molecule has 1 heterocycles. The van der Waals surface area contributed by atoms with Crippen LogP contribution in [0.3, 0.4) is 0 Å². The lowest BCUT2D eigenvalue weighted by Gasteiger charge is -2.34. The van der Waals surface area contributed by atoms with Gasteiger partial charge in [-0.2, -0.15) is 5.10 Å². The number of aromatic nitrogens is 2. The molecular weight excluding hydrogens is 240 g/mol. The highest BCUT2D eigenvalue weighted by atomic mass is 16.2. The maximum absolute atomic E-state index is 12.3. The van der Waals surface area contributed by atoms with Crippen molar-refractivity contribution >= 4 is 11.6 Å². The Morgan fingerprint density at radius 2 is 2.00 bits per heavy atom. The average Bonchev–Trinajstić information content (AvgIpc) is 2.56. The van der Waals surface area contributed by atoms with Crippen molar-refractivity contribution in [2.24, 2.45) is 12.5 Å². The summed E-state index contributed by atoms with van der Waals surface area (Å²) < 4.78 is 1.56. The molecule has 0 unspecified atom stereocenters. The molecule has 1 aromatic rings. The minimum atomic E-state index is -0.106. The van der Waals surface area contributed by atoms with E-state index in [2.05, 4.69) is 24.3 Å². The number of rotatable bonds is 2. The maximum atomic E-state index is 12.3.